The van der Waals surface area contributed by atoms with Crippen molar-refractivity contribution >= 4 is 34.2 Å². The lowest BCUT2D eigenvalue weighted by Gasteiger charge is -2.01. The largest absolute Gasteiger partial charge is 0.270 e. The van der Waals surface area contributed by atoms with Crippen molar-refractivity contribution in [2.75, 3.05) is 0 Å². The predicted octanol–water partition coefficient (Wildman–Crippen LogP) is 4.50. The van der Waals surface area contributed by atoms with Crippen molar-refractivity contribution in [3.8, 4) is 0 Å². The molecule has 0 saturated carbocycles. The molecule has 0 aliphatic heterocycles. The first-order valence-corrected chi connectivity index (χ1v) is 7.08. The number of halogens is 2. The molecule has 0 aliphatic carbocycles. The molecule has 1 aromatic rings. The molecule has 2 nitrogen and oxygen atoms in total. The van der Waals surface area contributed by atoms with Crippen LogP contribution in [0.3, 0.4) is 0 Å². The van der Waals surface area contributed by atoms with Gasteiger partial charge in [0.05, 0.1) is 5.02 Å². The molecular weight excluding hydrogens is 322 g/mol. The van der Waals surface area contributed by atoms with Crippen molar-refractivity contribution in [1.29, 1.82) is 0 Å². The minimum Gasteiger partial charge on any atom is -0.270 e. The first-order chi connectivity index (χ1) is 7.24. The second-order valence-electron chi connectivity index (χ2n) is 3.80. The van der Waals surface area contributed by atoms with E-state index in [1.165, 1.54) is 38.5 Å². The highest BCUT2D eigenvalue weighted by Gasteiger charge is 2.02. The molecular formula is C11H18ClIN2. The van der Waals surface area contributed by atoms with Crippen LogP contribution >= 0.6 is 34.2 Å². The summed E-state index contributed by atoms with van der Waals surface area (Å²) in [5, 5.41) is 5.08. The van der Waals surface area contributed by atoms with Gasteiger partial charge in [-0.15, -0.1) is 0 Å². The highest BCUT2D eigenvalue weighted by Crippen LogP contribution is 2.16. The van der Waals surface area contributed by atoms with Gasteiger partial charge >= 0.3 is 0 Å². The minimum absolute atomic E-state index is 0.765. The van der Waals surface area contributed by atoms with E-state index in [1.54, 1.807) is 0 Å². The van der Waals surface area contributed by atoms with Crippen LogP contribution in [-0.4, -0.2) is 9.78 Å². The van der Waals surface area contributed by atoms with Gasteiger partial charge in [0.25, 0.3) is 0 Å². The smallest absolute Gasteiger partial charge is 0.141 e. The van der Waals surface area contributed by atoms with Crippen molar-refractivity contribution < 1.29 is 0 Å². The molecule has 0 N–H and O–H groups in total. The van der Waals surface area contributed by atoms with Gasteiger partial charge < -0.3 is 0 Å². The maximum atomic E-state index is 5.92. The van der Waals surface area contributed by atoms with Crippen LogP contribution in [0.25, 0.3) is 0 Å². The number of unbranched alkanes of at least 4 members (excludes halogenated alkanes) is 5. The van der Waals surface area contributed by atoms with Crippen LogP contribution in [0.5, 0.6) is 0 Å². The molecule has 0 aromatic carbocycles. The third kappa shape index (κ3) is 5.20. The molecule has 86 valence electrons. The van der Waals surface area contributed by atoms with E-state index >= 15 is 0 Å². The van der Waals surface area contributed by atoms with Gasteiger partial charge in [0, 0.05) is 12.7 Å². The number of nitrogens with zero attached hydrogens (tertiary/aromatic N) is 2. The monoisotopic (exact) mass is 340 g/mol. The molecule has 4 heteroatoms. The molecule has 0 bridgehead atoms. The number of aryl methyl sites for hydroxylation is 1. The van der Waals surface area contributed by atoms with Crippen LogP contribution in [0.15, 0.2) is 6.20 Å². The highest BCUT2D eigenvalue weighted by molar-refractivity contribution is 14.1. The molecule has 15 heavy (non-hydrogen) atoms. The van der Waals surface area contributed by atoms with Gasteiger partial charge in [-0.05, 0) is 29.0 Å². The zero-order valence-electron chi connectivity index (χ0n) is 9.18. The predicted molar refractivity (Wildman–Crippen MR) is 73.3 cm³/mol. The van der Waals surface area contributed by atoms with E-state index in [4.69, 9.17) is 11.6 Å². The Kier molecular flexibility index (Phi) is 6.64. The molecule has 1 heterocycles. The summed E-state index contributed by atoms with van der Waals surface area (Å²) in [7, 11) is 0. The Bertz CT molecular complexity index is 267. The Labute approximate surface area is 111 Å². The van der Waals surface area contributed by atoms with Gasteiger partial charge in [-0.1, -0.05) is 50.6 Å². The second-order valence-corrected chi connectivity index (χ2v) is 5.23. The van der Waals surface area contributed by atoms with Gasteiger partial charge in [-0.25, -0.2) is 0 Å². The maximum absolute atomic E-state index is 5.92. The summed E-state index contributed by atoms with van der Waals surface area (Å²) < 4.78 is 2.85. The van der Waals surface area contributed by atoms with E-state index in [0.717, 1.165) is 15.3 Å². The lowest BCUT2D eigenvalue weighted by atomic mass is 10.1. The summed E-state index contributed by atoms with van der Waals surface area (Å²) in [4.78, 5) is 0. The fraction of sp³-hybridized carbons (Fsp3) is 0.727. The zero-order chi connectivity index (χ0) is 11.1. The summed E-state index contributed by atoms with van der Waals surface area (Å²) >= 11 is 8.08. The molecule has 1 aromatic heterocycles. The quantitative estimate of drug-likeness (QED) is 0.528. The van der Waals surface area contributed by atoms with Crippen molar-refractivity contribution in [3.63, 3.8) is 0 Å². The number of aromatic nitrogens is 2. The van der Waals surface area contributed by atoms with Crippen LogP contribution in [-0.2, 0) is 6.54 Å². The fourth-order valence-electron chi connectivity index (χ4n) is 1.54. The third-order valence-electron chi connectivity index (χ3n) is 2.42. The Morgan fingerprint density at radius 2 is 1.93 bits per heavy atom. The van der Waals surface area contributed by atoms with Crippen LogP contribution < -0.4 is 0 Å². The Morgan fingerprint density at radius 1 is 1.27 bits per heavy atom. The van der Waals surface area contributed by atoms with Gasteiger partial charge in [0.2, 0.25) is 0 Å². The van der Waals surface area contributed by atoms with Crippen LogP contribution in [0.4, 0.5) is 0 Å². The van der Waals surface area contributed by atoms with Crippen molar-refractivity contribution in [2.24, 2.45) is 0 Å². The van der Waals surface area contributed by atoms with Crippen molar-refractivity contribution in [1.82, 2.24) is 9.78 Å². The lowest BCUT2D eigenvalue weighted by Crippen LogP contribution is -1.98. The van der Waals surface area contributed by atoms with Crippen LogP contribution in [0, 0.1) is 3.70 Å². The van der Waals surface area contributed by atoms with Crippen LogP contribution in [0.1, 0.15) is 45.4 Å². The third-order valence-corrected chi connectivity index (χ3v) is 3.81. The SMILES string of the molecule is CCCCCCCCn1cc(Cl)c(I)n1. The summed E-state index contributed by atoms with van der Waals surface area (Å²) in [5.41, 5.74) is 0. The second kappa shape index (κ2) is 7.49. The molecule has 1 rings (SSSR count). The Balaban J connectivity index is 2.10. The summed E-state index contributed by atoms with van der Waals surface area (Å²) in [5.74, 6) is 0. The molecule has 0 amide bonds. The summed E-state index contributed by atoms with van der Waals surface area (Å²) in [6.07, 6.45) is 9.81. The highest BCUT2D eigenvalue weighted by atomic mass is 127. The summed E-state index contributed by atoms with van der Waals surface area (Å²) in [6.45, 7) is 3.24. The zero-order valence-corrected chi connectivity index (χ0v) is 12.1. The van der Waals surface area contributed by atoms with E-state index in [9.17, 15) is 0 Å². The van der Waals surface area contributed by atoms with E-state index < -0.39 is 0 Å². The van der Waals surface area contributed by atoms with Gasteiger partial charge in [0.1, 0.15) is 3.70 Å². The molecule has 0 spiro atoms. The average Bonchev–Trinajstić information content (AvgIpc) is 2.52. The molecule has 0 unspecified atom stereocenters. The normalized spacial score (nSPS) is 10.9. The molecule has 0 atom stereocenters. The molecule has 0 aliphatic rings. The van der Waals surface area contributed by atoms with E-state index in [0.29, 0.717) is 0 Å². The first kappa shape index (κ1) is 13.3. The number of hydrogen-bond acceptors (Lipinski definition) is 1. The molecule has 0 fully saturated rings. The maximum Gasteiger partial charge on any atom is 0.141 e. The fourth-order valence-corrected chi connectivity index (χ4v) is 2.11. The topological polar surface area (TPSA) is 17.8 Å². The Hall–Kier alpha value is 0.230. The standard InChI is InChI=1S/C11H18ClIN2/c1-2-3-4-5-6-7-8-15-9-10(12)11(13)14-15/h9H,2-8H2,1H3. The lowest BCUT2D eigenvalue weighted by molar-refractivity contribution is 0.526. The van der Waals surface area contributed by atoms with Gasteiger partial charge in [-0.2, -0.15) is 5.10 Å². The van der Waals surface area contributed by atoms with E-state index in [1.807, 2.05) is 10.9 Å². The van der Waals surface area contributed by atoms with E-state index in [2.05, 4.69) is 34.6 Å². The Morgan fingerprint density at radius 3 is 2.53 bits per heavy atom. The minimum atomic E-state index is 0.765. The van der Waals surface area contributed by atoms with Crippen molar-refractivity contribution in [2.45, 2.75) is 52.0 Å². The van der Waals surface area contributed by atoms with E-state index in [-0.39, 0.29) is 0 Å². The number of rotatable bonds is 7. The average molecular weight is 341 g/mol. The van der Waals surface area contributed by atoms with Crippen molar-refractivity contribution in [3.05, 3.63) is 14.9 Å². The molecule has 0 saturated heterocycles. The number of hydrogen-bond donors (Lipinski definition) is 0. The first-order valence-electron chi connectivity index (χ1n) is 5.62. The van der Waals surface area contributed by atoms with Crippen LogP contribution in [0.2, 0.25) is 5.02 Å². The summed E-state index contributed by atoms with van der Waals surface area (Å²) in [6, 6.07) is 0. The molecule has 0 radical (unpaired) electrons. The van der Waals surface area contributed by atoms with Gasteiger partial charge in [-0.3, -0.25) is 4.68 Å². The van der Waals surface area contributed by atoms with Gasteiger partial charge in [0.15, 0.2) is 0 Å².